The highest BCUT2D eigenvalue weighted by Crippen LogP contribution is 2.26. The molecule has 1 atom stereocenters. The normalized spacial score (nSPS) is 11.6. The van der Waals surface area contributed by atoms with Gasteiger partial charge in [0.15, 0.2) is 5.82 Å². The van der Waals surface area contributed by atoms with Crippen LogP contribution < -0.4 is 15.4 Å². The van der Waals surface area contributed by atoms with E-state index in [-0.39, 0.29) is 12.1 Å². The van der Waals surface area contributed by atoms with Crippen molar-refractivity contribution in [2.24, 2.45) is 0 Å². The van der Waals surface area contributed by atoms with Gasteiger partial charge in [-0.15, -0.1) is 0 Å². The summed E-state index contributed by atoms with van der Waals surface area (Å²) in [4.78, 5) is 16.7. The number of methoxy groups -OCH3 is 1. The minimum Gasteiger partial charge on any atom is -0.496 e. The number of para-hydroxylation sites is 1. The molecule has 0 saturated carbocycles. The summed E-state index contributed by atoms with van der Waals surface area (Å²) in [5.41, 5.74) is 1.90. The Kier molecular flexibility index (Phi) is 6.04. The van der Waals surface area contributed by atoms with E-state index in [1.54, 1.807) is 24.2 Å². The highest BCUT2D eigenvalue weighted by Gasteiger charge is 2.16. The summed E-state index contributed by atoms with van der Waals surface area (Å²) in [6, 6.07) is 12.9. The number of pyridine rings is 1. The average molecular weight is 365 g/mol. The Hall–Kier alpha value is -3.35. The van der Waals surface area contributed by atoms with Gasteiger partial charge in [0.25, 0.3) is 0 Å². The largest absolute Gasteiger partial charge is 0.496 e. The van der Waals surface area contributed by atoms with Crippen LogP contribution in [0.25, 0.3) is 5.82 Å². The maximum absolute atomic E-state index is 12.4. The van der Waals surface area contributed by atoms with Gasteiger partial charge in [-0.3, -0.25) is 0 Å². The van der Waals surface area contributed by atoms with Crippen LogP contribution in [-0.4, -0.2) is 27.9 Å². The third-order valence-corrected chi connectivity index (χ3v) is 4.23. The molecule has 27 heavy (non-hydrogen) atoms. The van der Waals surface area contributed by atoms with Crippen LogP contribution in [0.3, 0.4) is 0 Å². The Morgan fingerprint density at radius 3 is 2.81 bits per heavy atom. The molecule has 0 aliphatic carbocycles. The molecule has 2 N–H and O–H groups in total. The minimum absolute atomic E-state index is 0.127. The zero-order valence-corrected chi connectivity index (χ0v) is 15.4. The molecule has 0 radical (unpaired) electrons. The zero-order valence-electron chi connectivity index (χ0n) is 15.4. The molecule has 2 aromatic heterocycles. The van der Waals surface area contributed by atoms with Crippen molar-refractivity contribution >= 4 is 6.03 Å². The van der Waals surface area contributed by atoms with Crippen LogP contribution in [0.1, 0.15) is 30.5 Å². The zero-order chi connectivity index (χ0) is 19.1. The Balaban J connectivity index is 1.61. The Bertz CT molecular complexity index is 880. The summed E-state index contributed by atoms with van der Waals surface area (Å²) >= 11 is 0. The van der Waals surface area contributed by atoms with Crippen LogP contribution in [0.15, 0.2) is 61.1 Å². The molecule has 1 unspecified atom stereocenters. The molecule has 7 heteroatoms. The molecule has 3 aromatic rings. The Morgan fingerprint density at radius 2 is 2.07 bits per heavy atom. The number of hydrogen-bond donors (Lipinski definition) is 2. The predicted octanol–water partition coefficient (Wildman–Crippen LogP) is 3.23. The molecule has 0 aliphatic rings. The van der Waals surface area contributed by atoms with Crippen molar-refractivity contribution in [1.82, 2.24) is 25.4 Å². The van der Waals surface area contributed by atoms with Crippen molar-refractivity contribution in [3.63, 3.8) is 0 Å². The van der Waals surface area contributed by atoms with E-state index >= 15 is 0 Å². The molecule has 0 fully saturated rings. The van der Waals surface area contributed by atoms with Crippen molar-refractivity contribution in [3.8, 4) is 11.6 Å². The highest BCUT2D eigenvalue weighted by molar-refractivity contribution is 5.74. The molecule has 1 aromatic carbocycles. The first-order valence-corrected chi connectivity index (χ1v) is 8.83. The van der Waals surface area contributed by atoms with Gasteiger partial charge in [-0.05, 0) is 36.2 Å². The van der Waals surface area contributed by atoms with Gasteiger partial charge in [-0.25, -0.2) is 14.5 Å². The summed E-state index contributed by atoms with van der Waals surface area (Å²) in [7, 11) is 1.63. The van der Waals surface area contributed by atoms with Gasteiger partial charge in [-0.1, -0.05) is 25.1 Å². The van der Waals surface area contributed by atoms with E-state index in [4.69, 9.17) is 4.74 Å². The number of amides is 2. The number of rotatable bonds is 7. The van der Waals surface area contributed by atoms with Gasteiger partial charge < -0.3 is 15.4 Å². The Morgan fingerprint density at radius 1 is 1.22 bits per heavy atom. The van der Waals surface area contributed by atoms with Crippen LogP contribution in [-0.2, 0) is 6.54 Å². The van der Waals surface area contributed by atoms with Gasteiger partial charge in [0.1, 0.15) is 5.75 Å². The van der Waals surface area contributed by atoms with Crippen LogP contribution >= 0.6 is 0 Å². The molecule has 0 aliphatic heterocycles. The quantitative estimate of drug-likeness (QED) is 0.674. The molecule has 0 spiro atoms. The number of carbonyl (C=O) groups is 1. The predicted molar refractivity (Wildman–Crippen MR) is 103 cm³/mol. The summed E-state index contributed by atoms with van der Waals surface area (Å²) in [6.07, 6.45) is 5.98. The topological polar surface area (TPSA) is 81.1 Å². The number of hydrogen-bond acceptors (Lipinski definition) is 4. The fourth-order valence-corrected chi connectivity index (χ4v) is 2.85. The van der Waals surface area contributed by atoms with E-state index < -0.39 is 0 Å². The van der Waals surface area contributed by atoms with E-state index in [9.17, 15) is 4.79 Å². The lowest BCUT2D eigenvalue weighted by Gasteiger charge is -2.20. The highest BCUT2D eigenvalue weighted by atomic mass is 16.5. The van der Waals surface area contributed by atoms with Crippen LogP contribution in [0, 0.1) is 0 Å². The lowest BCUT2D eigenvalue weighted by Crippen LogP contribution is -2.37. The average Bonchev–Trinajstić information content (AvgIpc) is 3.25. The fourth-order valence-electron chi connectivity index (χ4n) is 2.85. The van der Waals surface area contributed by atoms with Crippen LogP contribution in [0.5, 0.6) is 5.75 Å². The number of nitrogens with one attached hydrogen (secondary N) is 2. The molecule has 2 amide bonds. The number of nitrogens with zero attached hydrogens (tertiary/aromatic N) is 3. The van der Waals surface area contributed by atoms with Crippen molar-refractivity contribution in [2.45, 2.75) is 25.9 Å². The van der Waals surface area contributed by atoms with Crippen LogP contribution in [0.4, 0.5) is 4.79 Å². The third-order valence-electron chi connectivity index (χ3n) is 4.23. The van der Waals surface area contributed by atoms with Gasteiger partial charge >= 0.3 is 6.03 Å². The van der Waals surface area contributed by atoms with E-state index in [2.05, 4.69) is 20.7 Å². The molecule has 2 heterocycles. The van der Waals surface area contributed by atoms with Gasteiger partial charge in [-0.2, -0.15) is 5.10 Å². The smallest absolute Gasteiger partial charge is 0.315 e. The number of benzene rings is 1. The molecule has 7 nitrogen and oxygen atoms in total. The number of ether oxygens (including phenoxy) is 1. The fraction of sp³-hybridized carbons (Fsp3) is 0.250. The standard InChI is InChI=1S/C20H23N5O2/c1-3-17(16-7-4-5-8-18(16)27-2)24-20(26)22-14-15-9-11-21-19(13-15)25-12-6-10-23-25/h4-13,17H,3,14H2,1-2H3,(H2,22,24,26). The van der Waals surface area contributed by atoms with Crippen molar-refractivity contribution in [1.29, 1.82) is 0 Å². The minimum atomic E-state index is -0.231. The number of urea groups is 1. The summed E-state index contributed by atoms with van der Waals surface area (Å²) < 4.78 is 7.08. The number of carbonyl (C=O) groups excluding carboxylic acids is 1. The SMILES string of the molecule is CCC(NC(=O)NCc1ccnc(-n2cccn2)c1)c1ccccc1OC. The molecule has 0 bridgehead atoms. The number of aromatic nitrogens is 3. The second-order valence-corrected chi connectivity index (χ2v) is 6.00. The van der Waals surface area contributed by atoms with Gasteiger partial charge in [0.05, 0.1) is 13.2 Å². The summed E-state index contributed by atoms with van der Waals surface area (Å²) in [5.74, 6) is 1.47. The van der Waals surface area contributed by atoms with Crippen molar-refractivity contribution in [3.05, 3.63) is 72.2 Å². The van der Waals surface area contributed by atoms with E-state index in [0.717, 1.165) is 23.3 Å². The first-order valence-electron chi connectivity index (χ1n) is 8.83. The lowest BCUT2D eigenvalue weighted by atomic mass is 10.0. The molecule has 140 valence electrons. The second-order valence-electron chi connectivity index (χ2n) is 6.00. The maximum atomic E-state index is 12.4. The Labute approximate surface area is 158 Å². The lowest BCUT2D eigenvalue weighted by molar-refractivity contribution is 0.236. The van der Waals surface area contributed by atoms with E-state index in [0.29, 0.717) is 12.4 Å². The van der Waals surface area contributed by atoms with Crippen LogP contribution in [0.2, 0.25) is 0 Å². The van der Waals surface area contributed by atoms with E-state index in [1.807, 2.05) is 55.6 Å². The molecule has 3 rings (SSSR count). The molecular weight excluding hydrogens is 342 g/mol. The summed E-state index contributed by atoms with van der Waals surface area (Å²) in [5, 5.41) is 10.1. The van der Waals surface area contributed by atoms with Gasteiger partial charge in [0.2, 0.25) is 0 Å². The van der Waals surface area contributed by atoms with Crippen molar-refractivity contribution < 1.29 is 9.53 Å². The molecule has 0 saturated heterocycles. The first-order chi connectivity index (χ1) is 13.2. The van der Waals surface area contributed by atoms with Gasteiger partial charge in [0, 0.05) is 30.7 Å². The maximum Gasteiger partial charge on any atom is 0.315 e. The second kappa shape index (κ2) is 8.84. The third kappa shape index (κ3) is 4.63. The monoisotopic (exact) mass is 365 g/mol. The van der Waals surface area contributed by atoms with Crippen molar-refractivity contribution in [2.75, 3.05) is 7.11 Å². The van der Waals surface area contributed by atoms with E-state index in [1.165, 1.54) is 0 Å². The first kappa shape index (κ1) is 18.4. The molecular formula is C20H23N5O2. The summed E-state index contributed by atoms with van der Waals surface area (Å²) in [6.45, 7) is 2.42.